The highest BCUT2D eigenvalue weighted by atomic mass is 19.1. The maximum Gasteiger partial charge on any atom is 0.123 e. The van der Waals surface area contributed by atoms with E-state index >= 15 is 0 Å². The van der Waals surface area contributed by atoms with Crippen molar-refractivity contribution in [3.8, 4) is 11.1 Å². The Morgan fingerprint density at radius 2 is 1.70 bits per heavy atom. The molecule has 1 aliphatic heterocycles. The molecule has 0 aliphatic carbocycles. The quantitative estimate of drug-likeness (QED) is 0.347. The number of hydrogen-bond donors (Lipinski definition) is 0. The van der Waals surface area contributed by atoms with Gasteiger partial charge in [0.05, 0.1) is 12.7 Å². The molecule has 0 amide bonds. The molecule has 0 saturated carbocycles. The van der Waals surface area contributed by atoms with Gasteiger partial charge in [-0.15, -0.1) is 0 Å². The van der Waals surface area contributed by atoms with Gasteiger partial charge in [-0.2, -0.15) is 0 Å². The number of fused-ring (bicyclic) bond motifs is 2. The first-order chi connectivity index (χ1) is 15.8. The summed E-state index contributed by atoms with van der Waals surface area (Å²) in [6, 6.07) is 20.4. The lowest BCUT2D eigenvalue weighted by molar-refractivity contribution is -0.0000190. The van der Waals surface area contributed by atoms with Gasteiger partial charge in [-0.05, 0) is 90.6 Å². The van der Waals surface area contributed by atoms with Crippen molar-refractivity contribution >= 4 is 10.9 Å². The summed E-state index contributed by atoms with van der Waals surface area (Å²) in [6.07, 6.45) is 2.15. The molecule has 4 aromatic rings. The average molecular weight is 443 g/mol. The van der Waals surface area contributed by atoms with E-state index in [1.165, 1.54) is 38.7 Å². The molecule has 1 aromatic heterocycles. The Hall–Kier alpha value is -2.95. The van der Waals surface area contributed by atoms with Gasteiger partial charge in [-0.1, -0.05) is 37.3 Å². The molecule has 170 valence electrons. The summed E-state index contributed by atoms with van der Waals surface area (Å²) >= 11 is 0. The zero-order valence-corrected chi connectivity index (χ0v) is 20.0. The zero-order valence-electron chi connectivity index (χ0n) is 20.0. The summed E-state index contributed by atoms with van der Waals surface area (Å²) in [7, 11) is 6.28. The highest BCUT2D eigenvalue weighted by Gasteiger charge is 2.36. The lowest BCUT2D eigenvalue weighted by Crippen LogP contribution is -2.38. The van der Waals surface area contributed by atoms with Crippen LogP contribution in [0.2, 0.25) is 0 Å². The summed E-state index contributed by atoms with van der Waals surface area (Å²) in [5.41, 5.74) is 8.62. The third-order valence-electron chi connectivity index (χ3n) is 7.20. The third kappa shape index (κ3) is 3.88. The Balaban J connectivity index is 1.47. The van der Waals surface area contributed by atoms with Gasteiger partial charge in [0.15, 0.2) is 0 Å². The molecule has 4 heteroatoms. The van der Waals surface area contributed by atoms with Gasteiger partial charge < -0.3 is 14.2 Å². The maximum absolute atomic E-state index is 13.5. The van der Waals surface area contributed by atoms with Crippen LogP contribution in [0.1, 0.15) is 41.2 Å². The lowest BCUT2D eigenvalue weighted by Gasteiger charge is -2.35. The van der Waals surface area contributed by atoms with E-state index in [2.05, 4.69) is 87.1 Å². The fraction of sp³-hybridized carbons (Fsp3) is 0.310. The van der Waals surface area contributed by atoms with E-state index in [1.54, 1.807) is 12.1 Å². The van der Waals surface area contributed by atoms with E-state index in [-0.39, 0.29) is 23.9 Å². The number of aromatic nitrogens is 1. The van der Waals surface area contributed by atoms with Crippen molar-refractivity contribution in [2.75, 3.05) is 14.1 Å². The highest BCUT2D eigenvalue weighted by molar-refractivity contribution is 5.88. The van der Waals surface area contributed by atoms with Crippen LogP contribution in [0.3, 0.4) is 0 Å². The normalized spacial score (nSPS) is 17.5. The Bertz CT molecular complexity index is 1310. The molecule has 3 atom stereocenters. The van der Waals surface area contributed by atoms with Gasteiger partial charge >= 0.3 is 0 Å². The first kappa shape index (κ1) is 21.9. The minimum absolute atomic E-state index is 0.0250. The van der Waals surface area contributed by atoms with Crippen LogP contribution in [0.4, 0.5) is 4.39 Å². The van der Waals surface area contributed by atoms with Gasteiger partial charge in [-0.3, -0.25) is 0 Å². The molecule has 0 fully saturated rings. The van der Waals surface area contributed by atoms with Crippen molar-refractivity contribution in [1.82, 2.24) is 9.47 Å². The predicted molar refractivity (Wildman–Crippen MR) is 133 cm³/mol. The van der Waals surface area contributed by atoms with E-state index in [0.717, 1.165) is 5.56 Å². The molecule has 0 saturated heterocycles. The Kier molecular flexibility index (Phi) is 5.59. The first-order valence-electron chi connectivity index (χ1n) is 11.6. The van der Waals surface area contributed by atoms with Crippen LogP contribution in [0.25, 0.3) is 22.0 Å². The molecule has 33 heavy (non-hydrogen) atoms. The maximum atomic E-state index is 13.5. The monoisotopic (exact) mass is 442 g/mol. The van der Waals surface area contributed by atoms with Crippen molar-refractivity contribution in [1.29, 1.82) is 0 Å². The lowest BCUT2D eigenvalue weighted by atomic mass is 9.85. The fourth-order valence-corrected chi connectivity index (χ4v) is 5.45. The molecule has 0 bridgehead atoms. The van der Waals surface area contributed by atoms with Crippen LogP contribution in [-0.2, 0) is 18.4 Å². The van der Waals surface area contributed by atoms with Crippen LogP contribution in [0.15, 0.2) is 66.9 Å². The molecule has 3 unspecified atom stereocenters. The molecule has 3 nitrogen and oxygen atoms in total. The summed E-state index contributed by atoms with van der Waals surface area (Å²) in [4.78, 5) is 2.23. The SMILES string of the molecule is Cc1cn(C)c2ccc(-c3ccc4c(c3)COC4C(C(C)c3ccc(F)cc3)N(C)C)cc12. The molecule has 0 spiro atoms. The predicted octanol–water partition coefficient (Wildman–Crippen LogP) is 6.60. The van der Waals surface area contributed by atoms with E-state index < -0.39 is 0 Å². The summed E-state index contributed by atoms with van der Waals surface area (Å²) < 4.78 is 22.0. The fourth-order valence-electron chi connectivity index (χ4n) is 5.45. The molecule has 0 N–H and O–H groups in total. The van der Waals surface area contributed by atoms with E-state index in [0.29, 0.717) is 6.61 Å². The van der Waals surface area contributed by atoms with Gasteiger partial charge in [0.25, 0.3) is 0 Å². The summed E-state index contributed by atoms with van der Waals surface area (Å²) in [5, 5.41) is 1.30. The third-order valence-corrected chi connectivity index (χ3v) is 7.20. The molecule has 1 aliphatic rings. The van der Waals surface area contributed by atoms with Crippen molar-refractivity contribution in [3.05, 3.63) is 94.9 Å². The Morgan fingerprint density at radius 3 is 2.42 bits per heavy atom. The second-order valence-corrected chi connectivity index (χ2v) is 9.59. The largest absolute Gasteiger partial charge is 0.367 e. The summed E-state index contributed by atoms with van der Waals surface area (Å²) in [6.45, 7) is 4.98. The second kappa shape index (κ2) is 8.44. The standard InChI is InChI=1S/C29H31FN2O/c1-18-16-32(5)27-13-9-22(15-26(18)27)21-8-12-25-23(14-21)17-33-29(25)28(31(3)4)19(2)20-6-10-24(30)11-7-20/h6-16,19,28-29H,17H2,1-5H3. The minimum atomic E-state index is -0.203. The van der Waals surface area contributed by atoms with Crippen molar-refractivity contribution < 1.29 is 9.13 Å². The number of likely N-dealkylation sites (N-methyl/N-ethyl adjacent to an activating group) is 1. The molecule has 3 aromatic carbocycles. The van der Waals surface area contributed by atoms with Crippen LogP contribution in [0, 0.1) is 12.7 Å². The van der Waals surface area contributed by atoms with Crippen LogP contribution in [0.5, 0.6) is 0 Å². The Labute approximate surface area is 195 Å². The van der Waals surface area contributed by atoms with E-state index in [9.17, 15) is 4.39 Å². The smallest absolute Gasteiger partial charge is 0.123 e. The molecule has 5 rings (SSSR count). The number of aryl methyl sites for hydroxylation is 2. The first-order valence-corrected chi connectivity index (χ1v) is 11.6. The Morgan fingerprint density at radius 1 is 1.00 bits per heavy atom. The van der Waals surface area contributed by atoms with E-state index in [1.807, 2.05) is 12.1 Å². The summed E-state index contributed by atoms with van der Waals surface area (Å²) in [5.74, 6) is -0.00841. The zero-order chi connectivity index (χ0) is 23.3. The molecule has 2 heterocycles. The van der Waals surface area contributed by atoms with E-state index in [4.69, 9.17) is 4.74 Å². The second-order valence-electron chi connectivity index (χ2n) is 9.59. The molecular weight excluding hydrogens is 411 g/mol. The van der Waals surface area contributed by atoms with Gasteiger partial charge in [0.1, 0.15) is 5.82 Å². The van der Waals surface area contributed by atoms with Crippen molar-refractivity contribution in [2.24, 2.45) is 7.05 Å². The number of halogens is 1. The van der Waals surface area contributed by atoms with Gasteiger partial charge in [0.2, 0.25) is 0 Å². The molecule has 0 radical (unpaired) electrons. The van der Waals surface area contributed by atoms with Crippen molar-refractivity contribution in [2.45, 2.75) is 38.5 Å². The number of rotatable bonds is 5. The van der Waals surface area contributed by atoms with Gasteiger partial charge in [0, 0.05) is 30.2 Å². The number of benzene rings is 3. The topological polar surface area (TPSA) is 17.4 Å². The average Bonchev–Trinajstić information content (AvgIpc) is 3.34. The molecular formula is C29H31FN2O. The number of hydrogen-bond acceptors (Lipinski definition) is 2. The highest BCUT2D eigenvalue weighted by Crippen LogP contribution is 2.41. The number of ether oxygens (including phenoxy) is 1. The van der Waals surface area contributed by atoms with Crippen LogP contribution in [-0.4, -0.2) is 29.6 Å². The van der Waals surface area contributed by atoms with Crippen LogP contribution >= 0.6 is 0 Å². The minimum Gasteiger partial charge on any atom is -0.367 e. The van der Waals surface area contributed by atoms with Crippen LogP contribution < -0.4 is 0 Å². The number of nitrogens with zero attached hydrogens (tertiary/aromatic N) is 2. The van der Waals surface area contributed by atoms with Crippen molar-refractivity contribution in [3.63, 3.8) is 0 Å². The van der Waals surface area contributed by atoms with Gasteiger partial charge in [-0.25, -0.2) is 4.39 Å².